The van der Waals surface area contributed by atoms with Crippen molar-refractivity contribution < 1.29 is 9.13 Å². The van der Waals surface area contributed by atoms with Crippen LogP contribution in [-0.4, -0.2) is 51.3 Å². The van der Waals surface area contributed by atoms with E-state index in [4.69, 9.17) is 4.74 Å². The lowest BCUT2D eigenvalue weighted by Gasteiger charge is -2.26. The summed E-state index contributed by atoms with van der Waals surface area (Å²) in [5.41, 5.74) is 1.36. The third kappa shape index (κ3) is 3.83. The molecule has 1 aliphatic heterocycles. The first-order chi connectivity index (χ1) is 11.1. The summed E-state index contributed by atoms with van der Waals surface area (Å²) in [6.07, 6.45) is 3.41. The zero-order chi connectivity index (χ0) is 16.3. The van der Waals surface area contributed by atoms with Gasteiger partial charge in [0.15, 0.2) is 5.96 Å². The van der Waals surface area contributed by atoms with Crippen molar-refractivity contribution >= 4 is 5.96 Å². The molecule has 0 spiro atoms. The lowest BCUT2D eigenvalue weighted by molar-refractivity contribution is 0.181. The standard InChI is InChI=1S/C18H26FN3O/c1-20-17(22(2)11-14-7-10-23-12-14)21-13-18(8-9-18)15-3-5-16(19)6-4-15/h3-6,14H,7-13H2,1-2H3,(H,20,21). The van der Waals surface area contributed by atoms with Crippen molar-refractivity contribution in [2.24, 2.45) is 10.9 Å². The molecule has 0 bridgehead atoms. The number of nitrogens with one attached hydrogen (secondary N) is 1. The van der Waals surface area contributed by atoms with Gasteiger partial charge in [-0.15, -0.1) is 0 Å². The number of guanidine groups is 1. The van der Waals surface area contributed by atoms with Crippen LogP contribution >= 0.6 is 0 Å². The summed E-state index contributed by atoms with van der Waals surface area (Å²) >= 11 is 0. The fourth-order valence-corrected chi connectivity index (χ4v) is 3.36. The molecule has 3 rings (SSSR count). The van der Waals surface area contributed by atoms with Crippen molar-refractivity contribution in [1.29, 1.82) is 0 Å². The molecular weight excluding hydrogens is 293 g/mol. The molecule has 126 valence electrons. The normalized spacial score (nSPS) is 22.9. The molecule has 1 saturated heterocycles. The van der Waals surface area contributed by atoms with Crippen molar-refractivity contribution in [2.75, 3.05) is 40.4 Å². The maximum Gasteiger partial charge on any atom is 0.193 e. The number of hydrogen-bond acceptors (Lipinski definition) is 2. The monoisotopic (exact) mass is 319 g/mol. The van der Waals surface area contributed by atoms with Crippen LogP contribution in [0.1, 0.15) is 24.8 Å². The summed E-state index contributed by atoms with van der Waals surface area (Å²) in [6, 6.07) is 6.92. The van der Waals surface area contributed by atoms with E-state index in [9.17, 15) is 4.39 Å². The maximum absolute atomic E-state index is 13.1. The number of aliphatic imine (C=N–C) groups is 1. The Hall–Kier alpha value is -1.62. The first kappa shape index (κ1) is 16.2. The van der Waals surface area contributed by atoms with E-state index in [1.807, 2.05) is 19.2 Å². The Morgan fingerprint density at radius 1 is 1.39 bits per heavy atom. The minimum atomic E-state index is -0.174. The molecule has 2 fully saturated rings. The molecule has 4 nitrogen and oxygen atoms in total. The van der Waals surface area contributed by atoms with Gasteiger partial charge in [0.05, 0.1) is 6.61 Å². The Kier molecular flexibility index (Phi) is 4.85. The Labute approximate surface area is 137 Å². The molecule has 1 N–H and O–H groups in total. The zero-order valence-electron chi connectivity index (χ0n) is 14.0. The fraction of sp³-hybridized carbons (Fsp3) is 0.611. The summed E-state index contributed by atoms with van der Waals surface area (Å²) < 4.78 is 18.6. The molecule has 5 heteroatoms. The highest BCUT2D eigenvalue weighted by Gasteiger charge is 2.44. The predicted molar refractivity (Wildman–Crippen MR) is 90.2 cm³/mol. The van der Waals surface area contributed by atoms with E-state index in [-0.39, 0.29) is 11.2 Å². The van der Waals surface area contributed by atoms with Crippen LogP contribution in [0.15, 0.2) is 29.3 Å². The highest BCUT2D eigenvalue weighted by Crippen LogP contribution is 2.47. The van der Waals surface area contributed by atoms with Crippen LogP contribution in [0, 0.1) is 11.7 Å². The molecule has 23 heavy (non-hydrogen) atoms. The minimum Gasteiger partial charge on any atom is -0.381 e. The highest BCUT2D eigenvalue weighted by atomic mass is 19.1. The first-order valence-corrected chi connectivity index (χ1v) is 8.38. The molecule has 1 unspecified atom stereocenters. The Morgan fingerprint density at radius 3 is 2.70 bits per heavy atom. The van der Waals surface area contributed by atoms with Gasteiger partial charge in [-0.2, -0.15) is 0 Å². The molecule has 1 aliphatic carbocycles. The van der Waals surface area contributed by atoms with Gasteiger partial charge in [0.25, 0.3) is 0 Å². The SMILES string of the molecule is CN=C(NCC1(c2ccc(F)cc2)CC1)N(C)CC1CCOC1. The largest absolute Gasteiger partial charge is 0.381 e. The van der Waals surface area contributed by atoms with Gasteiger partial charge < -0.3 is 15.0 Å². The van der Waals surface area contributed by atoms with Gasteiger partial charge in [-0.1, -0.05) is 12.1 Å². The predicted octanol–water partition coefficient (Wildman–Crippen LogP) is 2.40. The van der Waals surface area contributed by atoms with E-state index in [1.165, 1.54) is 5.56 Å². The number of rotatable bonds is 5. The quantitative estimate of drug-likeness (QED) is 0.669. The molecule has 1 atom stereocenters. The summed E-state index contributed by atoms with van der Waals surface area (Å²) in [5, 5.41) is 3.50. The van der Waals surface area contributed by atoms with Crippen LogP contribution < -0.4 is 5.32 Å². The van der Waals surface area contributed by atoms with Crippen LogP contribution in [0.2, 0.25) is 0 Å². The lowest BCUT2D eigenvalue weighted by Crippen LogP contribution is -2.44. The Bertz CT molecular complexity index is 548. The number of ether oxygens (including phenoxy) is 1. The van der Waals surface area contributed by atoms with Gasteiger partial charge >= 0.3 is 0 Å². The van der Waals surface area contributed by atoms with Gasteiger partial charge in [0.1, 0.15) is 5.82 Å². The average molecular weight is 319 g/mol. The van der Waals surface area contributed by atoms with Gasteiger partial charge in [-0.05, 0) is 37.0 Å². The molecule has 2 aliphatic rings. The van der Waals surface area contributed by atoms with Crippen molar-refractivity contribution in [3.63, 3.8) is 0 Å². The van der Waals surface area contributed by atoms with Crippen molar-refractivity contribution in [1.82, 2.24) is 10.2 Å². The smallest absolute Gasteiger partial charge is 0.193 e. The second-order valence-electron chi connectivity index (χ2n) is 6.80. The van der Waals surface area contributed by atoms with E-state index >= 15 is 0 Å². The molecule has 0 radical (unpaired) electrons. The highest BCUT2D eigenvalue weighted by molar-refractivity contribution is 5.79. The fourth-order valence-electron chi connectivity index (χ4n) is 3.36. The first-order valence-electron chi connectivity index (χ1n) is 8.38. The number of halogens is 1. The molecule has 1 saturated carbocycles. The van der Waals surface area contributed by atoms with Gasteiger partial charge in [0.2, 0.25) is 0 Å². The molecule has 0 amide bonds. The van der Waals surface area contributed by atoms with E-state index in [2.05, 4.69) is 22.3 Å². The third-order valence-corrected chi connectivity index (χ3v) is 5.02. The second kappa shape index (κ2) is 6.87. The summed E-state index contributed by atoms with van der Waals surface area (Å²) in [4.78, 5) is 6.58. The van der Waals surface area contributed by atoms with Crippen molar-refractivity contribution in [3.8, 4) is 0 Å². The molecule has 0 aromatic heterocycles. The van der Waals surface area contributed by atoms with Gasteiger partial charge in [0, 0.05) is 45.1 Å². The van der Waals surface area contributed by atoms with Crippen LogP contribution in [0.3, 0.4) is 0 Å². The lowest BCUT2D eigenvalue weighted by atomic mass is 9.96. The number of nitrogens with zero attached hydrogens (tertiary/aromatic N) is 2. The van der Waals surface area contributed by atoms with Crippen LogP contribution in [0.25, 0.3) is 0 Å². The van der Waals surface area contributed by atoms with Crippen molar-refractivity contribution in [3.05, 3.63) is 35.6 Å². The third-order valence-electron chi connectivity index (χ3n) is 5.02. The molecular formula is C18H26FN3O. The molecule has 1 aromatic rings. The summed E-state index contributed by atoms with van der Waals surface area (Å²) in [5.74, 6) is 1.34. The zero-order valence-corrected chi connectivity index (χ0v) is 14.0. The summed E-state index contributed by atoms with van der Waals surface area (Å²) in [7, 11) is 3.90. The molecule has 1 heterocycles. The topological polar surface area (TPSA) is 36.9 Å². The van der Waals surface area contributed by atoms with E-state index in [0.29, 0.717) is 5.92 Å². The van der Waals surface area contributed by atoms with Gasteiger partial charge in [-0.3, -0.25) is 4.99 Å². The van der Waals surface area contributed by atoms with E-state index in [1.54, 1.807) is 12.1 Å². The summed E-state index contributed by atoms with van der Waals surface area (Å²) in [6.45, 7) is 3.53. The van der Waals surface area contributed by atoms with Crippen LogP contribution in [0.4, 0.5) is 4.39 Å². The second-order valence-corrected chi connectivity index (χ2v) is 6.80. The minimum absolute atomic E-state index is 0.140. The van der Waals surface area contributed by atoms with E-state index in [0.717, 1.165) is 51.5 Å². The average Bonchev–Trinajstić information content (AvgIpc) is 3.16. The Balaban J connectivity index is 1.56. The Morgan fingerprint density at radius 2 is 2.13 bits per heavy atom. The van der Waals surface area contributed by atoms with Crippen molar-refractivity contribution in [2.45, 2.75) is 24.7 Å². The van der Waals surface area contributed by atoms with E-state index < -0.39 is 0 Å². The molecule has 1 aromatic carbocycles. The van der Waals surface area contributed by atoms with Crippen LogP contribution in [-0.2, 0) is 10.2 Å². The number of benzene rings is 1. The van der Waals surface area contributed by atoms with Crippen LogP contribution in [0.5, 0.6) is 0 Å². The number of hydrogen-bond donors (Lipinski definition) is 1. The maximum atomic E-state index is 13.1. The van der Waals surface area contributed by atoms with Gasteiger partial charge in [-0.25, -0.2) is 4.39 Å².